The Morgan fingerprint density at radius 3 is 2.50 bits per heavy atom. The van der Waals surface area contributed by atoms with Crippen LogP contribution in [0.15, 0.2) is 18.2 Å². The van der Waals surface area contributed by atoms with Crippen LogP contribution in [0.25, 0.3) is 0 Å². The minimum Gasteiger partial charge on any atom is -0.508 e. The summed E-state index contributed by atoms with van der Waals surface area (Å²) in [5.41, 5.74) is 5.18. The van der Waals surface area contributed by atoms with Crippen molar-refractivity contribution >= 4 is 5.97 Å². The van der Waals surface area contributed by atoms with Gasteiger partial charge in [-0.15, -0.1) is 0 Å². The quantitative estimate of drug-likeness (QED) is 0.728. The molecule has 0 heterocycles. The zero-order valence-electron chi connectivity index (χ0n) is 8.23. The Morgan fingerprint density at radius 2 is 2.06 bits per heavy atom. The van der Waals surface area contributed by atoms with E-state index in [0.29, 0.717) is 0 Å². The highest BCUT2D eigenvalue weighted by atomic mass is 19.3. The van der Waals surface area contributed by atoms with Crippen LogP contribution in [0.5, 0.6) is 5.75 Å². The van der Waals surface area contributed by atoms with Crippen molar-refractivity contribution in [1.29, 1.82) is 0 Å². The Morgan fingerprint density at radius 1 is 1.44 bits per heavy atom. The van der Waals surface area contributed by atoms with E-state index >= 15 is 0 Å². The van der Waals surface area contributed by atoms with Gasteiger partial charge in [0.25, 0.3) is 6.43 Å². The maximum Gasteiger partial charge on any atom is 0.320 e. The van der Waals surface area contributed by atoms with E-state index in [0.717, 1.165) is 12.1 Å². The molecule has 88 valence electrons. The van der Waals surface area contributed by atoms with Gasteiger partial charge < -0.3 is 15.9 Å². The molecule has 0 amide bonds. The van der Waals surface area contributed by atoms with Crippen LogP contribution in [0.2, 0.25) is 0 Å². The van der Waals surface area contributed by atoms with E-state index < -0.39 is 18.4 Å². The number of benzene rings is 1. The standard InChI is InChI=1S/C10H11F2NO3/c11-9(12)6-2-1-5(8(14)4-6)3-7(13)10(15)16/h1-2,4,7,9,14H,3,13H2,(H,15,16). The highest BCUT2D eigenvalue weighted by Crippen LogP contribution is 2.26. The predicted molar refractivity (Wildman–Crippen MR) is 52.4 cm³/mol. The molecule has 1 rings (SSSR count). The van der Waals surface area contributed by atoms with E-state index in [9.17, 15) is 18.7 Å². The van der Waals surface area contributed by atoms with Crippen molar-refractivity contribution < 1.29 is 23.8 Å². The van der Waals surface area contributed by atoms with Crippen LogP contribution in [0.4, 0.5) is 8.78 Å². The van der Waals surface area contributed by atoms with Gasteiger partial charge in [-0.25, -0.2) is 8.78 Å². The van der Waals surface area contributed by atoms with Crippen molar-refractivity contribution in [3.63, 3.8) is 0 Å². The zero-order chi connectivity index (χ0) is 12.3. The normalized spacial score (nSPS) is 12.8. The number of halogens is 2. The number of alkyl halides is 2. The fourth-order valence-corrected chi connectivity index (χ4v) is 1.21. The second-order valence-electron chi connectivity index (χ2n) is 3.34. The number of carboxylic acids is 1. The number of aliphatic carboxylic acids is 1. The smallest absolute Gasteiger partial charge is 0.320 e. The minimum absolute atomic E-state index is 0.106. The average molecular weight is 231 g/mol. The molecule has 1 unspecified atom stereocenters. The number of carboxylic acid groups (broad SMARTS) is 1. The van der Waals surface area contributed by atoms with E-state index in [1.807, 2.05) is 0 Å². The summed E-state index contributed by atoms with van der Waals surface area (Å²) in [6, 6.07) is 2.13. The number of nitrogens with two attached hydrogens (primary N) is 1. The lowest BCUT2D eigenvalue weighted by Gasteiger charge is -2.09. The number of aromatic hydroxyl groups is 1. The lowest BCUT2D eigenvalue weighted by atomic mass is 10.0. The van der Waals surface area contributed by atoms with Gasteiger partial charge in [0.15, 0.2) is 0 Å². The van der Waals surface area contributed by atoms with Gasteiger partial charge in [0.1, 0.15) is 11.8 Å². The highest BCUT2D eigenvalue weighted by molar-refractivity contribution is 5.73. The molecular formula is C10H11F2NO3. The van der Waals surface area contributed by atoms with E-state index in [1.54, 1.807) is 0 Å². The second-order valence-corrected chi connectivity index (χ2v) is 3.34. The van der Waals surface area contributed by atoms with E-state index in [-0.39, 0.29) is 23.3 Å². The SMILES string of the molecule is NC(Cc1ccc(C(F)F)cc1O)C(=O)O. The van der Waals surface area contributed by atoms with Gasteiger partial charge >= 0.3 is 5.97 Å². The van der Waals surface area contributed by atoms with Crippen LogP contribution in [0.3, 0.4) is 0 Å². The van der Waals surface area contributed by atoms with Crippen LogP contribution in [-0.4, -0.2) is 22.2 Å². The number of carbonyl (C=O) groups is 1. The molecule has 0 aromatic heterocycles. The Labute approximate surface area is 90.3 Å². The maximum atomic E-state index is 12.2. The molecule has 6 heteroatoms. The van der Waals surface area contributed by atoms with Crippen LogP contribution in [0, 0.1) is 0 Å². The molecule has 1 aromatic carbocycles. The Hall–Kier alpha value is -1.69. The van der Waals surface area contributed by atoms with Crippen LogP contribution in [-0.2, 0) is 11.2 Å². The topological polar surface area (TPSA) is 83.5 Å². The highest BCUT2D eigenvalue weighted by Gasteiger charge is 2.16. The third-order valence-electron chi connectivity index (χ3n) is 2.12. The lowest BCUT2D eigenvalue weighted by molar-refractivity contribution is -0.138. The van der Waals surface area contributed by atoms with Gasteiger partial charge in [0, 0.05) is 12.0 Å². The molecule has 0 radical (unpaired) electrons. The molecule has 0 aliphatic heterocycles. The molecule has 4 N–H and O–H groups in total. The zero-order valence-corrected chi connectivity index (χ0v) is 8.23. The third-order valence-corrected chi connectivity index (χ3v) is 2.12. The molecule has 0 fully saturated rings. The van der Waals surface area contributed by atoms with Crippen molar-refractivity contribution in [3.8, 4) is 5.75 Å². The molecule has 4 nitrogen and oxygen atoms in total. The van der Waals surface area contributed by atoms with Crippen molar-refractivity contribution in [2.45, 2.75) is 18.9 Å². The number of hydrogen-bond donors (Lipinski definition) is 3. The van der Waals surface area contributed by atoms with Gasteiger partial charge in [-0.3, -0.25) is 4.79 Å². The second kappa shape index (κ2) is 4.89. The summed E-state index contributed by atoms with van der Waals surface area (Å²) >= 11 is 0. The fourth-order valence-electron chi connectivity index (χ4n) is 1.21. The largest absolute Gasteiger partial charge is 0.508 e. The Bertz CT molecular complexity index is 396. The first-order valence-corrected chi connectivity index (χ1v) is 4.50. The molecule has 0 saturated heterocycles. The molecule has 0 saturated carbocycles. The number of hydrogen-bond acceptors (Lipinski definition) is 3. The first kappa shape index (κ1) is 12.4. The average Bonchev–Trinajstić information content (AvgIpc) is 2.20. The first-order valence-electron chi connectivity index (χ1n) is 4.50. The van der Waals surface area contributed by atoms with Crippen LogP contribution in [0.1, 0.15) is 17.6 Å². The molecular weight excluding hydrogens is 220 g/mol. The van der Waals surface area contributed by atoms with Gasteiger partial charge in [-0.05, 0) is 11.6 Å². The summed E-state index contributed by atoms with van der Waals surface area (Å²) in [5, 5.41) is 17.9. The molecule has 16 heavy (non-hydrogen) atoms. The molecule has 1 aromatic rings. The predicted octanol–water partition coefficient (Wildman–Crippen LogP) is 1.28. The Kier molecular flexibility index (Phi) is 3.78. The monoisotopic (exact) mass is 231 g/mol. The van der Waals surface area contributed by atoms with Crippen LogP contribution >= 0.6 is 0 Å². The van der Waals surface area contributed by atoms with Gasteiger partial charge in [-0.1, -0.05) is 12.1 Å². The molecule has 1 atom stereocenters. The summed E-state index contributed by atoms with van der Waals surface area (Å²) in [6.07, 6.45) is -2.78. The fraction of sp³-hybridized carbons (Fsp3) is 0.300. The van der Waals surface area contributed by atoms with Crippen molar-refractivity contribution in [1.82, 2.24) is 0 Å². The third kappa shape index (κ3) is 2.90. The van der Waals surface area contributed by atoms with Crippen molar-refractivity contribution in [3.05, 3.63) is 29.3 Å². The van der Waals surface area contributed by atoms with E-state index in [4.69, 9.17) is 10.8 Å². The van der Waals surface area contributed by atoms with E-state index in [2.05, 4.69) is 0 Å². The van der Waals surface area contributed by atoms with Crippen LogP contribution < -0.4 is 5.73 Å². The molecule has 0 aliphatic rings. The Balaban J connectivity index is 2.87. The van der Waals surface area contributed by atoms with Gasteiger partial charge in [0.2, 0.25) is 0 Å². The number of phenolic OH excluding ortho intramolecular Hbond substituents is 1. The van der Waals surface area contributed by atoms with Crippen molar-refractivity contribution in [2.75, 3.05) is 0 Å². The molecule has 0 aliphatic carbocycles. The summed E-state index contributed by atoms with van der Waals surface area (Å²) in [5.74, 6) is -1.58. The van der Waals surface area contributed by atoms with Crippen molar-refractivity contribution in [2.24, 2.45) is 5.73 Å². The summed E-state index contributed by atoms with van der Waals surface area (Å²) in [4.78, 5) is 10.5. The molecule has 0 bridgehead atoms. The maximum absolute atomic E-state index is 12.2. The molecule has 0 spiro atoms. The summed E-state index contributed by atoms with van der Waals surface area (Å²) < 4.78 is 24.5. The summed E-state index contributed by atoms with van der Waals surface area (Å²) in [7, 11) is 0. The number of rotatable bonds is 4. The number of phenols is 1. The van der Waals surface area contributed by atoms with Gasteiger partial charge in [-0.2, -0.15) is 0 Å². The first-order chi connectivity index (χ1) is 7.41. The van der Waals surface area contributed by atoms with Gasteiger partial charge in [0.05, 0.1) is 0 Å². The lowest BCUT2D eigenvalue weighted by Crippen LogP contribution is -2.32. The summed E-state index contributed by atoms with van der Waals surface area (Å²) in [6.45, 7) is 0. The minimum atomic E-state index is -2.67. The van der Waals surface area contributed by atoms with E-state index in [1.165, 1.54) is 6.07 Å².